The first-order valence-corrected chi connectivity index (χ1v) is 11.4. The van der Waals surface area contributed by atoms with Crippen LogP contribution in [0.3, 0.4) is 0 Å². The van der Waals surface area contributed by atoms with Crippen molar-refractivity contribution in [3.63, 3.8) is 0 Å². The summed E-state index contributed by atoms with van der Waals surface area (Å²) in [6, 6.07) is 11.5. The van der Waals surface area contributed by atoms with E-state index in [0.717, 1.165) is 43.0 Å². The van der Waals surface area contributed by atoms with Gasteiger partial charge in [-0.2, -0.15) is 5.10 Å². The lowest BCUT2D eigenvalue weighted by molar-refractivity contribution is -0.0512. The number of rotatable bonds is 8. The normalized spacial score (nSPS) is 22.0. The summed E-state index contributed by atoms with van der Waals surface area (Å²) in [5, 5.41) is 4.35. The van der Waals surface area contributed by atoms with Gasteiger partial charge in [0.2, 0.25) is 0 Å². The summed E-state index contributed by atoms with van der Waals surface area (Å²) in [4.78, 5) is 13.3. The van der Waals surface area contributed by atoms with Crippen LogP contribution in [0.2, 0.25) is 0 Å². The number of aryl methyl sites for hydroxylation is 1. The average molecular weight is 405 g/mol. The van der Waals surface area contributed by atoms with E-state index in [0.29, 0.717) is 0 Å². The molecule has 30 heavy (non-hydrogen) atoms. The molecule has 1 N–H and O–H groups in total. The van der Waals surface area contributed by atoms with E-state index < -0.39 is 0 Å². The highest BCUT2D eigenvalue weighted by Crippen LogP contribution is 2.34. The number of likely N-dealkylation sites (tertiary alicyclic amines) is 2. The minimum Gasteiger partial charge on any atom is -0.345 e. The van der Waals surface area contributed by atoms with Gasteiger partial charge in [-0.1, -0.05) is 25.5 Å². The van der Waals surface area contributed by atoms with Crippen LogP contribution < -0.4 is 0 Å². The summed E-state index contributed by atoms with van der Waals surface area (Å²) in [5.41, 5.74) is 3.78. The number of piperidine rings is 1. The van der Waals surface area contributed by atoms with E-state index in [2.05, 4.69) is 56.1 Å². The standard InChI is InChI=1S/C24H32N6/c1-2-3-8-24-25-14-21(27-24)18-29-17-20-16-28(12-9-23(20)29)15-19-6-4-7-22(13-19)30-11-5-10-26-30/h4-7,10-11,13-14,20,23H,2-3,8-9,12,15-18H2,1H3,(H,25,27)/t20-,23-/m0/s1. The lowest BCUT2D eigenvalue weighted by Gasteiger charge is -2.53. The second-order valence-electron chi connectivity index (χ2n) is 8.86. The molecular weight excluding hydrogens is 372 g/mol. The highest BCUT2D eigenvalue weighted by molar-refractivity contribution is 5.35. The zero-order valence-corrected chi connectivity index (χ0v) is 17.9. The number of unbranched alkanes of at least 4 members (excludes halogenated alkanes) is 1. The molecule has 0 saturated carbocycles. The maximum Gasteiger partial charge on any atom is 0.106 e. The molecule has 0 unspecified atom stereocenters. The van der Waals surface area contributed by atoms with E-state index in [4.69, 9.17) is 0 Å². The lowest BCUT2D eigenvalue weighted by atomic mass is 9.82. The number of aromatic nitrogens is 4. The van der Waals surface area contributed by atoms with E-state index in [1.165, 1.54) is 50.2 Å². The van der Waals surface area contributed by atoms with Crippen molar-refractivity contribution < 1.29 is 0 Å². The maximum absolute atomic E-state index is 4.56. The largest absolute Gasteiger partial charge is 0.345 e. The zero-order valence-electron chi connectivity index (χ0n) is 17.9. The Balaban J connectivity index is 1.13. The number of fused-ring (bicyclic) bond motifs is 1. The van der Waals surface area contributed by atoms with Gasteiger partial charge in [0.15, 0.2) is 0 Å². The molecule has 6 heteroatoms. The third kappa shape index (κ3) is 4.20. The molecule has 5 rings (SSSR count). The molecule has 0 spiro atoms. The smallest absolute Gasteiger partial charge is 0.106 e. The Kier molecular flexibility index (Phi) is 5.69. The fourth-order valence-electron chi connectivity index (χ4n) is 5.03. The Labute approximate surface area is 178 Å². The van der Waals surface area contributed by atoms with Crippen molar-refractivity contribution in [1.82, 2.24) is 29.5 Å². The van der Waals surface area contributed by atoms with Gasteiger partial charge in [-0.3, -0.25) is 9.80 Å². The monoisotopic (exact) mass is 404 g/mol. The Morgan fingerprint density at radius 3 is 2.97 bits per heavy atom. The van der Waals surface area contributed by atoms with Gasteiger partial charge in [0.1, 0.15) is 5.82 Å². The first kappa shape index (κ1) is 19.5. The molecule has 2 atom stereocenters. The van der Waals surface area contributed by atoms with Crippen molar-refractivity contribution in [3.8, 4) is 5.69 Å². The van der Waals surface area contributed by atoms with Crippen LogP contribution in [0, 0.1) is 5.92 Å². The molecule has 2 aliphatic rings. The molecule has 0 bridgehead atoms. The van der Waals surface area contributed by atoms with Crippen LogP contribution in [-0.4, -0.2) is 55.2 Å². The first-order valence-electron chi connectivity index (χ1n) is 11.4. The molecule has 2 aromatic heterocycles. The number of hydrogen-bond acceptors (Lipinski definition) is 4. The summed E-state index contributed by atoms with van der Waals surface area (Å²) in [5.74, 6) is 1.95. The molecule has 2 fully saturated rings. The Bertz CT molecular complexity index is 946. The molecule has 3 aromatic rings. The second-order valence-corrected chi connectivity index (χ2v) is 8.86. The predicted molar refractivity (Wildman–Crippen MR) is 118 cm³/mol. The quantitative estimate of drug-likeness (QED) is 0.623. The number of aromatic amines is 1. The van der Waals surface area contributed by atoms with Gasteiger partial charge < -0.3 is 4.98 Å². The van der Waals surface area contributed by atoms with Crippen LogP contribution in [0.4, 0.5) is 0 Å². The number of imidazole rings is 1. The average Bonchev–Trinajstić information content (AvgIpc) is 3.43. The van der Waals surface area contributed by atoms with Gasteiger partial charge in [0, 0.05) is 62.9 Å². The number of nitrogens with zero attached hydrogens (tertiary/aromatic N) is 5. The molecule has 6 nitrogen and oxygen atoms in total. The Hall–Kier alpha value is -2.44. The molecule has 0 aliphatic carbocycles. The molecule has 2 saturated heterocycles. The second kappa shape index (κ2) is 8.74. The SMILES string of the molecule is CCCCc1ncc(CN2C[C@@H]3CN(Cc4cccc(-n5cccn5)c4)CC[C@@H]32)[nH]1. The van der Waals surface area contributed by atoms with Gasteiger partial charge in [0.25, 0.3) is 0 Å². The van der Waals surface area contributed by atoms with Crippen LogP contribution in [-0.2, 0) is 19.5 Å². The van der Waals surface area contributed by atoms with Gasteiger partial charge in [-0.05, 0) is 49.1 Å². The molecule has 0 amide bonds. The summed E-state index contributed by atoms with van der Waals surface area (Å²) in [7, 11) is 0. The van der Waals surface area contributed by atoms with Gasteiger partial charge in [-0.15, -0.1) is 0 Å². The number of H-pyrrole nitrogens is 1. The van der Waals surface area contributed by atoms with Crippen LogP contribution >= 0.6 is 0 Å². The van der Waals surface area contributed by atoms with Gasteiger partial charge in [0.05, 0.1) is 5.69 Å². The molecule has 2 aliphatic heterocycles. The van der Waals surface area contributed by atoms with Crippen molar-refractivity contribution in [1.29, 1.82) is 0 Å². The van der Waals surface area contributed by atoms with Crippen LogP contribution in [0.25, 0.3) is 5.69 Å². The molecule has 4 heterocycles. The minimum atomic E-state index is 0.735. The van der Waals surface area contributed by atoms with Crippen molar-refractivity contribution >= 4 is 0 Å². The molecule has 0 radical (unpaired) electrons. The highest BCUT2D eigenvalue weighted by atomic mass is 15.3. The van der Waals surface area contributed by atoms with E-state index in [-0.39, 0.29) is 0 Å². The van der Waals surface area contributed by atoms with E-state index in [1.54, 1.807) is 0 Å². The van der Waals surface area contributed by atoms with E-state index in [1.807, 2.05) is 29.3 Å². The maximum atomic E-state index is 4.56. The molecule has 1 aromatic carbocycles. The molecule has 158 valence electrons. The lowest BCUT2D eigenvalue weighted by Crippen LogP contribution is -2.62. The fourth-order valence-corrected chi connectivity index (χ4v) is 5.03. The zero-order chi connectivity index (χ0) is 20.3. The third-order valence-corrected chi connectivity index (χ3v) is 6.62. The third-order valence-electron chi connectivity index (χ3n) is 6.62. The topological polar surface area (TPSA) is 53.0 Å². The summed E-state index contributed by atoms with van der Waals surface area (Å²) in [6.45, 7) is 7.86. The van der Waals surface area contributed by atoms with Gasteiger partial charge >= 0.3 is 0 Å². The summed E-state index contributed by atoms with van der Waals surface area (Å²) >= 11 is 0. The van der Waals surface area contributed by atoms with E-state index >= 15 is 0 Å². The Morgan fingerprint density at radius 2 is 2.13 bits per heavy atom. The van der Waals surface area contributed by atoms with Crippen LogP contribution in [0.15, 0.2) is 48.9 Å². The van der Waals surface area contributed by atoms with Crippen molar-refractivity contribution in [2.24, 2.45) is 5.92 Å². The van der Waals surface area contributed by atoms with Crippen LogP contribution in [0.5, 0.6) is 0 Å². The number of benzene rings is 1. The molecular formula is C24H32N6. The van der Waals surface area contributed by atoms with Crippen LogP contribution in [0.1, 0.15) is 43.3 Å². The first-order chi connectivity index (χ1) is 14.8. The predicted octanol–water partition coefficient (Wildman–Crippen LogP) is 3.64. The summed E-state index contributed by atoms with van der Waals surface area (Å²) < 4.78 is 1.93. The minimum absolute atomic E-state index is 0.735. The van der Waals surface area contributed by atoms with Crippen molar-refractivity contribution in [2.75, 3.05) is 19.6 Å². The fraction of sp³-hybridized carbons (Fsp3) is 0.500. The van der Waals surface area contributed by atoms with E-state index in [9.17, 15) is 0 Å². The summed E-state index contributed by atoms with van der Waals surface area (Å²) in [6.07, 6.45) is 10.6. The van der Waals surface area contributed by atoms with Crippen molar-refractivity contribution in [3.05, 3.63) is 66.0 Å². The highest BCUT2D eigenvalue weighted by Gasteiger charge is 2.42. The number of nitrogens with one attached hydrogen (secondary N) is 1. The number of hydrogen-bond donors (Lipinski definition) is 1. The van der Waals surface area contributed by atoms with Crippen molar-refractivity contribution in [2.45, 2.75) is 51.7 Å². The van der Waals surface area contributed by atoms with Gasteiger partial charge in [-0.25, -0.2) is 9.67 Å². The Morgan fingerprint density at radius 1 is 1.17 bits per heavy atom.